The van der Waals surface area contributed by atoms with Gasteiger partial charge in [-0.1, -0.05) is 13.8 Å². The molecule has 0 bridgehead atoms. The second-order valence-corrected chi connectivity index (χ2v) is 11.5. The van der Waals surface area contributed by atoms with Crippen molar-refractivity contribution in [1.29, 1.82) is 0 Å². The number of rotatable bonds is 5. The van der Waals surface area contributed by atoms with E-state index in [0.29, 0.717) is 12.0 Å². The number of carbonyl (C=O) groups is 2. The quantitative estimate of drug-likeness (QED) is 0.308. The highest BCUT2D eigenvalue weighted by atomic mass is 16.7. The molecule has 2 saturated heterocycles. The van der Waals surface area contributed by atoms with E-state index < -0.39 is 90.2 Å². The van der Waals surface area contributed by atoms with E-state index in [1.807, 2.05) is 6.92 Å². The zero-order valence-electron chi connectivity index (χ0n) is 22.0. The first-order valence-corrected chi connectivity index (χ1v) is 13.1. The van der Waals surface area contributed by atoms with Gasteiger partial charge in [0.15, 0.2) is 6.29 Å². The van der Waals surface area contributed by atoms with E-state index in [-0.39, 0.29) is 18.4 Å². The van der Waals surface area contributed by atoms with E-state index in [2.05, 4.69) is 0 Å². The molecule has 0 unspecified atom stereocenters. The van der Waals surface area contributed by atoms with Gasteiger partial charge in [-0.15, -0.1) is 0 Å². The van der Waals surface area contributed by atoms with Crippen molar-refractivity contribution in [3.05, 3.63) is 35.8 Å². The van der Waals surface area contributed by atoms with Gasteiger partial charge in [0.05, 0.1) is 44.4 Å². The first-order chi connectivity index (χ1) is 18.4. The third-order valence-electron chi connectivity index (χ3n) is 9.49. The summed E-state index contributed by atoms with van der Waals surface area (Å²) in [5.41, 5.74) is -1.02. The van der Waals surface area contributed by atoms with Crippen LogP contribution in [-0.4, -0.2) is 94.1 Å². The van der Waals surface area contributed by atoms with Gasteiger partial charge in [-0.05, 0) is 42.7 Å². The van der Waals surface area contributed by atoms with Crippen LogP contribution in [-0.2, 0) is 28.5 Å². The molecule has 5 rings (SSSR count). The second kappa shape index (κ2) is 10.3. The van der Waals surface area contributed by atoms with E-state index in [9.17, 15) is 35.1 Å². The van der Waals surface area contributed by atoms with Gasteiger partial charge in [0.2, 0.25) is 0 Å². The number of aliphatic hydroxyl groups is 5. The summed E-state index contributed by atoms with van der Waals surface area (Å²) in [6, 6.07) is 1.73. The summed E-state index contributed by atoms with van der Waals surface area (Å²) >= 11 is 0. The minimum absolute atomic E-state index is 0.0693. The molecule has 2 aliphatic heterocycles. The number of hydrogen-bond donors (Lipinski definition) is 5. The number of carbonyl (C=O) groups excluding carboxylic acids is 2. The highest BCUT2D eigenvalue weighted by molar-refractivity contribution is 5.91. The van der Waals surface area contributed by atoms with Crippen molar-refractivity contribution in [2.24, 2.45) is 22.7 Å². The molecule has 3 heterocycles. The van der Waals surface area contributed by atoms with E-state index in [1.54, 1.807) is 13.0 Å². The van der Waals surface area contributed by atoms with Gasteiger partial charge in [-0.3, -0.25) is 4.79 Å². The minimum Gasteiger partial charge on any atom is -0.472 e. The van der Waals surface area contributed by atoms with Gasteiger partial charge in [0.1, 0.15) is 30.5 Å². The number of hydrogen-bond acceptors (Lipinski definition) is 12. The average Bonchev–Trinajstić information content (AvgIpc) is 3.45. The summed E-state index contributed by atoms with van der Waals surface area (Å²) < 4.78 is 28.0. The molecule has 4 aliphatic rings. The standard InChI is InChI=1S/C27H36O12/c1-26-9-16(12-4-5-36-11-12)37-24(34)14(26)8-19(39-25-22(32)21(31)20(30)17(10-28)38-25)27(2)15(23(33)35-3)6-13(29)7-18(26)27/h4-6,11,13-14,16-22,25,28-32H,7-10H2,1-3H3/t13-,14-,16+,17+,18+,19+,20-,21-,22+,25-,26+,27+/m1/s1. The van der Waals surface area contributed by atoms with Crippen LogP contribution in [0.1, 0.15) is 44.8 Å². The largest absolute Gasteiger partial charge is 0.472 e. The van der Waals surface area contributed by atoms with E-state index in [1.165, 1.54) is 25.7 Å². The average molecular weight is 553 g/mol. The van der Waals surface area contributed by atoms with Crippen LogP contribution in [0.4, 0.5) is 0 Å². The van der Waals surface area contributed by atoms with Crippen molar-refractivity contribution >= 4 is 11.9 Å². The van der Waals surface area contributed by atoms with Gasteiger partial charge in [0, 0.05) is 16.6 Å². The van der Waals surface area contributed by atoms with Crippen LogP contribution >= 0.6 is 0 Å². The molecule has 12 nitrogen and oxygen atoms in total. The van der Waals surface area contributed by atoms with Crippen LogP contribution < -0.4 is 0 Å². The molecule has 0 spiro atoms. The molecule has 5 N–H and O–H groups in total. The minimum atomic E-state index is -1.68. The third-order valence-corrected chi connectivity index (χ3v) is 9.49. The van der Waals surface area contributed by atoms with Crippen LogP contribution in [0.15, 0.2) is 34.7 Å². The van der Waals surface area contributed by atoms with Crippen LogP contribution in [0.2, 0.25) is 0 Å². The fourth-order valence-corrected chi connectivity index (χ4v) is 7.33. The molecule has 0 radical (unpaired) electrons. The molecule has 0 amide bonds. The maximum Gasteiger partial charge on any atom is 0.334 e. The number of aliphatic hydroxyl groups excluding tert-OH is 5. The molecular weight excluding hydrogens is 516 g/mol. The lowest BCUT2D eigenvalue weighted by Crippen LogP contribution is -2.65. The zero-order chi connectivity index (χ0) is 28.3. The van der Waals surface area contributed by atoms with Crippen molar-refractivity contribution in [3.8, 4) is 0 Å². The summed E-state index contributed by atoms with van der Waals surface area (Å²) in [5.74, 6) is -2.33. The maximum atomic E-state index is 13.5. The Labute approximate surface area is 225 Å². The molecule has 1 aromatic rings. The molecule has 1 saturated carbocycles. The SMILES string of the molecule is COC(=O)C1=C[C@@H](O)C[C@H]2[C@@]3(C)C[C@@H](c4ccoc4)OC(=O)[C@H]3C[C@H](O[C@H]3O[C@@H](CO)[C@@H](O)[C@@H](O)[C@@H]3O)[C@@]12C. The van der Waals surface area contributed by atoms with Gasteiger partial charge >= 0.3 is 11.9 Å². The Hall–Kier alpha value is -2.32. The molecule has 216 valence electrons. The molecular formula is C27H36O12. The lowest BCUT2D eigenvalue weighted by atomic mass is 9.44. The monoisotopic (exact) mass is 552 g/mol. The Balaban J connectivity index is 1.56. The Kier molecular flexibility index (Phi) is 7.42. The maximum absolute atomic E-state index is 13.5. The van der Waals surface area contributed by atoms with Crippen molar-refractivity contribution in [1.82, 2.24) is 0 Å². The third kappa shape index (κ3) is 4.42. The number of methoxy groups -OCH3 is 1. The second-order valence-electron chi connectivity index (χ2n) is 11.5. The predicted octanol–water partition coefficient (Wildman–Crippen LogP) is -0.0346. The van der Waals surface area contributed by atoms with Crippen LogP contribution in [0.3, 0.4) is 0 Å². The first-order valence-electron chi connectivity index (χ1n) is 13.1. The lowest BCUT2D eigenvalue weighted by Gasteiger charge is -2.62. The van der Waals surface area contributed by atoms with Gasteiger partial charge in [-0.25, -0.2) is 4.79 Å². The molecule has 12 heteroatoms. The Morgan fingerprint density at radius 2 is 1.87 bits per heavy atom. The Morgan fingerprint density at radius 3 is 2.51 bits per heavy atom. The molecule has 12 atom stereocenters. The summed E-state index contributed by atoms with van der Waals surface area (Å²) in [7, 11) is 1.23. The number of esters is 2. The fourth-order valence-electron chi connectivity index (χ4n) is 7.33. The van der Waals surface area contributed by atoms with Crippen molar-refractivity contribution in [2.45, 2.75) is 82.1 Å². The van der Waals surface area contributed by atoms with Crippen LogP contribution in [0.5, 0.6) is 0 Å². The fraction of sp³-hybridized carbons (Fsp3) is 0.704. The van der Waals surface area contributed by atoms with E-state index in [0.717, 1.165) is 0 Å². The van der Waals surface area contributed by atoms with Gasteiger partial charge in [0.25, 0.3) is 0 Å². The van der Waals surface area contributed by atoms with Gasteiger partial charge < -0.3 is 48.9 Å². The summed E-state index contributed by atoms with van der Waals surface area (Å²) in [4.78, 5) is 26.6. The lowest BCUT2D eigenvalue weighted by molar-refractivity contribution is -0.329. The van der Waals surface area contributed by atoms with E-state index in [4.69, 9.17) is 23.4 Å². The molecule has 39 heavy (non-hydrogen) atoms. The Morgan fingerprint density at radius 1 is 1.13 bits per heavy atom. The van der Waals surface area contributed by atoms with Crippen molar-refractivity contribution in [2.75, 3.05) is 13.7 Å². The zero-order valence-corrected chi connectivity index (χ0v) is 22.0. The first kappa shape index (κ1) is 28.2. The number of ether oxygens (including phenoxy) is 4. The Bertz CT molecular complexity index is 1100. The summed E-state index contributed by atoms with van der Waals surface area (Å²) in [5, 5.41) is 51.7. The van der Waals surface area contributed by atoms with Crippen molar-refractivity contribution < 1.29 is 58.5 Å². The van der Waals surface area contributed by atoms with Crippen LogP contribution in [0, 0.1) is 22.7 Å². The number of fused-ring (bicyclic) bond motifs is 3. The number of furan rings is 1. The smallest absolute Gasteiger partial charge is 0.334 e. The van der Waals surface area contributed by atoms with E-state index >= 15 is 0 Å². The van der Waals surface area contributed by atoms with Gasteiger partial charge in [-0.2, -0.15) is 0 Å². The molecule has 0 aromatic carbocycles. The highest BCUT2D eigenvalue weighted by Crippen LogP contribution is 2.65. The number of cyclic esters (lactones) is 1. The van der Waals surface area contributed by atoms with Crippen molar-refractivity contribution in [3.63, 3.8) is 0 Å². The highest BCUT2D eigenvalue weighted by Gasteiger charge is 2.66. The normalized spacial score (nSPS) is 45.9. The summed E-state index contributed by atoms with van der Waals surface area (Å²) in [6.07, 6.45) is -5.02. The topological polar surface area (TPSA) is 185 Å². The molecule has 2 aliphatic carbocycles. The predicted molar refractivity (Wildman–Crippen MR) is 129 cm³/mol. The van der Waals surface area contributed by atoms with Crippen LogP contribution in [0.25, 0.3) is 0 Å². The molecule has 3 fully saturated rings. The summed E-state index contributed by atoms with van der Waals surface area (Å²) in [6.45, 7) is 3.11. The molecule has 1 aromatic heterocycles.